The number of piperazine rings is 1. The number of amides is 1. The van der Waals surface area contributed by atoms with E-state index in [1.807, 2.05) is 0 Å². The van der Waals surface area contributed by atoms with Gasteiger partial charge in [-0.3, -0.25) is 9.69 Å². The molecule has 1 rings (SSSR count). The van der Waals surface area contributed by atoms with Crippen LogP contribution in [0.4, 0.5) is 0 Å². The minimum Gasteiger partial charge on any atom is -0.387 e. The summed E-state index contributed by atoms with van der Waals surface area (Å²) in [7, 11) is 0. The van der Waals surface area contributed by atoms with Gasteiger partial charge in [0.25, 0.3) is 0 Å². The van der Waals surface area contributed by atoms with E-state index < -0.39 is 0 Å². The summed E-state index contributed by atoms with van der Waals surface area (Å²) < 4.78 is 0. The van der Waals surface area contributed by atoms with Crippen molar-refractivity contribution in [3.05, 3.63) is 0 Å². The van der Waals surface area contributed by atoms with Crippen LogP contribution in [0.15, 0.2) is 0 Å². The van der Waals surface area contributed by atoms with Crippen molar-refractivity contribution < 1.29 is 9.90 Å². The van der Waals surface area contributed by atoms with E-state index in [4.69, 9.17) is 5.11 Å². The third-order valence-corrected chi connectivity index (χ3v) is 2.95. The van der Waals surface area contributed by atoms with Gasteiger partial charge in [0.15, 0.2) is 0 Å². The number of rotatable bonds is 2. The fourth-order valence-electron chi connectivity index (χ4n) is 2.28. The minimum atomic E-state index is -0.369. The van der Waals surface area contributed by atoms with Crippen LogP contribution < -0.4 is 0 Å². The van der Waals surface area contributed by atoms with Gasteiger partial charge in [-0.1, -0.05) is 6.92 Å². The summed E-state index contributed by atoms with van der Waals surface area (Å²) in [5.74, 6) is -0.153. The highest BCUT2D eigenvalue weighted by Gasteiger charge is 2.29. The molecule has 0 spiro atoms. The molecule has 1 heterocycles. The Morgan fingerprint density at radius 2 is 1.86 bits per heavy atom. The molecule has 0 aliphatic carbocycles. The van der Waals surface area contributed by atoms with E-state index in [2.05, 4.69) is 25.7 Å². The lowest BCUT2D eigenvalue weighted by Crippen LogP contribution is -2.58. The monoisotopic (exact) mass is 200 g/mol. The molecule has 1 N–H and O–H groups in total. The fraction of sp³-hybridized carbons (Fsp3) is 0.900. The second-order valence-corrected chi connectivity index (χ2v) is 3.99. The molecule has 14 heavy (non-hydrogen) atoms. The number of carbonyl (C=O) groups is 1. The molecule has 0 bridgehead atoms. The molecule has 0 aromatic carbocycles. The first kappa shape index (κ1) is 11.5. The van der Waals surface area contributed by atoms with Crippen LogP contribution >= 0.6 is 0 Å². The summed E-state index contributed by atoms with van der Waals surface area (Å²) in [4.78, 5) is 15.4. The number of hydrogen-bond donors (Lipinski definition) is 1. The van der Waals surface area contributed by atoms with Crippen LogP contribution in [0.25, 0.3) is 0 Å². The van der Waals surface area contributed by atoms with Crippen molar-refractivity contribution in [2.45, 2.75) is 32.9 Å². The zero-order chi connectivity index (χ0) is 10.7. The van der Waals surface area contributed by atoms with Gasteiger partial charge in [-0.05, 0) is 20.4 Å². The fourth-order valence-corrected chi connectivity index (χ4v) is 2.28. The Morgan fingerprint density at radius 3 is 2.21 bits per heavy atom. The highest BCUT2D eigenvalue weighted by molar-refractivity contribution is 5.77. The van der Waals surface area contributed by atoms with Gasteiger partial charge in [-0.2, -0.15) is 0 Å². The van der Waals surface area contributed by atoms with Gasteiger partial charge in [-0.15, -0.1) is 0 Å². The lowest BCUT2D eigenvalue weighted by Gasteiger charge is -2.43. The van der Waals surface area contributed by atoms with Gasteiger partial charge in [0.1, 0.15) is 6.61 Å². The Balaban J connectivity index is 2.60. The zero-order valence-electron chi connectivity index (χ0n) is 9.23. The van der Waals surface area contributed by atoms with Crippen LogP contribution in [-0.4, -0.2) is 59.1 Å². The Kier molecular flexibility index (Phi) is 3.89. The molecule has 1 amide bonds. The number of aliphatic hydroxyl groups excluding tert-OH is 1. The largest absolute Gasteiger partial charge is 0.387 e. The van der Waals surface area contributed by atoms with Gasteiger partial charge in [0.2, 0.25) is 5.91 Å². The maximum absolute atomic E-state index is 11.3. The predicted octanol–water partition coefficient (Wildman–Crippen LogP) is -0.0802. The minimum absolute atomic E-state index is 0.153. The van der Waals surface area contributed by atoms with Gasteiger partial charge in [-0.25, -0.2) is 0 Å². The molecular weight excluding hydrogens is 180 g/mol. The first-order valence-corrected chi connectivity index (χ1v) is 5.24. The van der Waals surface area contributed by atoms with Gasteiger partial charge < -0.3 is 10.0 Å². The van der Waals surface area contributed by atoms with Crippen molar-refractivity contribution >= 4 is 5.91 Å². The van der Waals surface area contributed by atoms with Crippen molar-refractivity contribution in [1.29, 1.82) is 0 Å². The molecule has 2 atom stereocenters. The van der Waals surface area contributed by atoms with Gasteiger partial charge in [0.05, 0.1) is 0 Å². The van der Waals surface area contributed by atoms with E-state index in [1.165, 1.54) is 0 Å². The number of nitrogens with zero attached hydrogens (tertiary/aromatic N) is 2. The maximum atomic E-state index is 11.3. The topological polar surface area (TPSA) is 43.8 Å². The van der Waals surface area contributed by atoms with Crippen molar-refractivity contribution in [1.82, 2.24) is 9.80 Å². The Bertz CT molecular complexity index is 196. The number of aliphatic hydroxyl groups is 1. The standard InChI is InChI=1S/C10H20N2O2/c1-4-12-8(2)5-11(6-9(12)3)10(14)7-13/h8-9,13H,4-7H2,1-3H3/t8-,9+. The van der Waals surface area contributed by atoms with E-state index in [0.717, 1.165) is 19.6 Å². The van der Waals surface area contributed by atoms with E-state index >= 15 is 0 Å². The molecule has 1 aliphatic heterocycles. The molecule has 1 saturated heterocycles. The average molecular weight is 200 g/mol. The van der Waals surface area contributed by atoms with E-state index in [9.17, 15) is 4.79 Å². The molecule has 0 radical (unpaired) electrons. The summed E-state index contributed by atoms with van der Waals surface area (Å²) in [5, 5.41) is 8.78. The van der Waals surface area contributed by atoms with Crippen molar-refractivity contribution in [2.24, 2.45) is 0 Å². The Hall–Kier alpha value is -0.610. The quantitative estimate of drug-likeness (QED) is 0.678. The zero-order valence-corrected chi connectivity index (χ0v) is 9.23. The van der Waals surface area contributed by atoms with Crippen LogP contribution in [0.3, 0.4) is 0 Å². The summed E-state index contributed by atoms with van der Waals surface area (Å²) in [6.45, 7) is 8.49. The summed E-state index contributed by atoms with van der Waals surface area (Å²) >= 11 is 0. The highest BCUT2D eigenvalue weighted by Crippen LogP contribution is 2.14. The van der Waals surface area contributed by atoms with Crippen LogP contribution in [0.5, 0.6) is 0 Å². The lowest BCUT2D eigenvalue weighted by molar-refractivity contribution is -0.138. The van der Waals surface area contributed by atoms with Crippen molar-refractivity contribution in [3.8, 4) is 0 Å². The Labute approximate surface area is 85.5 Å². The van der Waals surface area contributed by atoms with E-state index in [0.29, 0.717) is 12.1 Å². The van der Waals surface area contributed by atoms with Crippen LogP contribution in [0.2, 0.25) is 0 Å². The van der Waals surface area contributed by atoms with Crippen molar-refractivity contribution in [3.63, 3.8) is 0 Å². The molecule has 0 saturated carbocycles. The summed E-state index contributed by atoms with van der Waals surface area (Å²) in [6.07, 6.45) is 0. The molecule has 4 nitrogen and oxygen atoms in total. The second-order valence-electron chi connectivity index (χ2n) is 3.99. The molecule has 1 aliphatic rings. The third-order valence-electron chi connectivity index (χ3n) is 2.95. The predicted molar refractivity (Wildman–Crippen MR) is 55.0 cm³/mol. The smallest absolute Gasteiger partial charge is 0.248 e. The van der Waals surface area contributed by atoms with Crippen LogP contribution in [0.1, 0.15) is 20.8 Å². The first-order chi connectivity index (χ1) is 6.60. The van der Waals surface area contributed by atoms with Crippen LogP contribution in [0, 0.1) is 0 Å². The lowest BCUT2D eigenvalue weighted by atomic mass is 10.1. The molecule has 1 fully saturated rings. The normalized spacial score (nSPS) is 29.3. The summed E-state index contributed by atoms with van der Waals surface area (Å²) in [5.41, 5.74) is 0. The summed E-state index contributed by atoms with van der Waals surface area (Å²) in [6, 6.07) is 0.776. The SMILES string of the molecule is CCN1[C@H](C)CN(C(=O)CO)C[C@@H]1C. The average Bonchev–Trinajstić information content (AvgIpc) is 2.16. The maximum Gasteiger partial charge on any atom is 0.248 e. The van der Waals surface area contributed by atoms with E-state index in [1.54, 1.807) is 4.90 Å². The van der Waals surface area contributed by atoms with Gasteiger partial charge in [0, 0.05) is 25.2 Å². The molecule has 4 heteroatoms. The number of carbonyl (C=O) groups excluding carboxylic acids is 1. The molecule has 0 unspecified atom stereocenters. The second kappa shape index (κ2) is 4.75. The Morgan fingerprint density at radius 1 is 1.36 bits per heavy atom. The molecule has 0 aromatic heterocycles. The number of likely N-dealkylation sites (N-methyl/N-ethyl adjacent to an activating group) is 1. The van der Waals surface area contributed by atoms with Crippen LogP contribution in [-0.2, 0) is 4.79 Å². The van der Waals surface area contributed by atoms with Gasteiger partial charge >= 0.3 is 0 Å². The third kappa shape index (κ3) is 2.25. The molecular formula is C10H20N2O2. The van der Waals surface area contributed by atoms with Crippen molar-refractivity contribution in [2.75, 3.05) is 26.2 Å². The molecule has 0 aromatic rings. The molecule has 82 valence electrons. The first-order valence-electron chi connectivity index (χ1n) is 5.24. The number of hydrogen-bond acceptors (Lipinski definition) is 3. The highest BCUT2D eigenvalue weighted by atomic mass is 16.3. The van der Waals surface area contributed by atoms with E-state index in [-0.39, 0.29) is 12.5 Å².